The Morgan fingerprint density at radius 2 is 1.90 bits per heavy atom. The van der Waals surface area contributed by atoms with E-state index in [1.54, 1.807) is 39.0 Å². The molecule has 6 nitrogen and oxygen atoms in total. The van der Waals surface area contributed by atoms with Crippen LogP contribution in [0.15, 0.2) is 18.2 Å². The Labute approximate surface area is 125 Å². The minimum absolute atomic E-state index is 0.0624. The molecular formula is C14H21NO5S. The normalized spacial score (nSPS) is 12.0. The van der Waals surface area contributed by atoms with Crippen molar-refractivity contribution in [1.29, 1.82) is 0 Å². The Bertz CT molecular complexity index is 617. The van der Waals surface area contributed by atoms with Crippen molar-refractivity contribution in [3.05, 3.63) is 23.8 Å². The summed E-state index contributed by atoms with van der Waals surface area (Å²) in [7, 11) is -2.05. The maximum atomic E-state index is 12.0. The molecule has 0 radical (unpaired) electrons. The highest BCUT2D eigenvalue weighted by Gasteiger charge is 2.28. The van der Waals surface area contributed by atoms with Gasteiger partial charge in [0.25, 0.3) is 0 Å². The summed E-state index contributed by atoms with van der Waals surface area (Å²) < 4.78 is 33.2. The van der Waals surface area contributed by atoms with E-state index in [-0.39, 0.29) is 29.4 Å². The summed E-state index contributed by atoms with van der Waals surface area (Å²) in [6.45, 7) is 4.82. The van der Waals surface area contributed by atoms with Crippen LogP contribution >= 0.6 is 0 Å². The molecule has 1 aromatic rings. The molecule has 21 heavy (non-hydrogen) atoms. The van der Waals surface area contributed by atoms with Crippen molar-refractivity contribution in [2.75, 3.05) is 25.2 Å². The molecule has 0 aliphatic carbocycles. The molecule has 0 bridgehead atoms. The van der Waals surface area contributed by atoms with Gasteiger partial charge in [-0.15, -0.1) is 0 Å². The molecule has 118 valence electrons. The third-order valence-electron chi connectivity index (χ3n) is 2.99. The van der Waals surface area contributed by atoms with Crippen LogP contribution in [0.4, 0.5) is 5.69 Å². The molecule has 1 aromatic carbocycles. The highest BCUT2D eigenvalue weighted by atomic mass is 32.2. The molecule has 0 aromatic heterocycles. The van der Waals surface area contributed by atoms with Gasteiger partial charge in [0.15, 0.2) is 9.84 Å². The molecule has 1 rings (SSSR count). The van der Waals surface area contributed by atoms with E-state index in [1.165, 1.54) is 7.11 Å². The molecule has 0 aliphatic rings. The fraction of sp³-hybridized carbons (Fsp3) is 0.500. The average Bonchev–Trinajstić information content (AvgIpc) is 2.36. The number of hydrogen-bond acceptors (Lipinski definition) is 6. The lowest BCUT2D eigenvalue weighted by atomic mass is 10.1. The Balaban J connectivity index is 2.87. The first-order valence-electron chi connectivity index (χ1n) is 6.42. The number of rotatable bonds is 5. The monoisotopic (exact) mass is 315 g/mol. The van der Waals surface area contributed by atoms with Gasteiger partial charge in [0, 0.05) is 5.69 Å². The van der Waals surface area contributed by atoms with Gasteiger partial charge < -0.3 is 15.2 Å². The van der Waals surface area contributed by atoms with Crippen LogP contribution in [-0.2, 0) is 14.6 Å². The molecule has 2 N–H and O–H groups in total. The van der Waals surface area contributed by atoms with Gasteiger partial charge in [-0.25, -0.2) is 13.2 Å². The fourth-order valence-corrected chi connectivity index (χ4v) is 2.47. The molecule has 0 unspecified atom stereocenters. The number of nitrogen functional groups attached to an aromatic ring is 1. The summed E-state index contributed by atoms with van der Waals surface area (Å²) in [4.78, 5) is 11.7. The standard InChI is InChI=1S/C14H21NO5S/c1-14(2,3)21(17,18)9-8-20-11-7-5-6-10(15)12(11)13(16)19-4/h5-7H,8-9,15H2,1-4H3. The van der Waals surface area contributed by atoms with Gasteiger partial charge >= 0.3 is 5.97 Å². The highest BCUT2D eigenvalue weighted by Crippen LogP contribution is 2.25. The van der Waals surface area contributed by atoms with Crippen molar-refractivity contribution >= 4 is 21.5 Å². The van der Waals surface area contributed by atoms with Crippen LogP contribution in [0.1, 0.15) is 31.1 Å². The first-order chi connectivity index (χ1) is 9.60. The topological polar surface area (TPSA) is 95.7 Å². The summed E-state index contributed by atoms with van der Waals surface area (Å²) in [5.74, 6) is -0.556. The van der Waals surface area contributed by atoms with Crippen molar-refractivity contribution in [1.82, 2.24) is 0 Å². The van der Waals surface area contributed by atoms with Gasteiger partial charge in [0.05, 0.1) is 17.6 Å². The number of hydrogen-bond donors (Lipinski definition) is 1. The highest BCUT2D eigenvalue weighted by molar-refractivity contribution is 7.92. The summed E-state index contributed by atoms with van der Waals surface area (Å²) in [5.41, 5.74) is 6.05. The zero-order valence-corrected chi connectivity index (χ0v) is 13.5. The maximum Gasteiger partial charge on any atom is 0.343 e. The number of nitrogens with two attached hydrogens (primary N) is 1. The molecule has 0 amide bonds. The zero-order valence-electron chi connectivity index (χ0n) is 12.7. The maximum absolute atomic E-state index is 12.0. The van der Waals surface area contributed by atoms with Crippen LogP contribution in [0.2, 0.25) is 0 Å². The Kier molecular flexibility index (Phi) is 5.22. The second-order valence-electron chi connectivity index (χ2n) is 5.49. The summed E-state index contributed by atoms with van der Waals surface area (Å²) in [5, 5.41) is 0. The summed E-state index contributed by atoms with van der Waals surface area (Å²) >= 11 is 0. The minimum Gasteiger partial charge on any atom is -0.492 e. The summed E-state index contributed by atoms with van der Waals surface area (Å²) in [6.07, 6.45) is 0. The molecular weight excluding hydrogens is 294 g/mol. The Morgan fingerprint density at radius 1 is 1.29 bits per heavy atom. The quantitative estimate of drug-likeness (QED) is 0.655. The van der Waals surface area contributed by atoms with E-state index in [0.29, 0.717) is 0 Å². The number of benzene rings is 1. The van der Waals surface area contributed by atoms with Crippen LogP contribution in [-0.4, -0.2) is 38.6 Å². The lowest BCUT2D eigenvalue weighted by Crippen LogP contribution is -2.32. The van der Waals surface area contributed by atoms with E-state index in [2.05, 4.69) is 4.74 Å². The number of carbonyl (C=O) groups excluding carboxylic acids is 1. The first-order valence-corrected chi connectivity index (χ1v) is 8.07. The third-order valence-corrected chi connectivity index (χ3v) is 5.56. The van der Waals surface area contributed by atoms with Crippen LogP contribution in [0.25, 0.3) is 0 Å². The van der Waals surface area contributed by atoms with E-state index in [9.17, 15) is 13.2 Å². The van der Waals surface area contributed by atoms with Crippen molar-refractivity contribution in [2.24, 2.45) is 0 Å². The van der Waals surface area contributed by atoms with Gasteiger partial charge in [-0.2, -0.15) is 0 Å². The second-order valence-corrected chi connectivity index (χ2v) is 8.35. The van der Waals surface area contributed by atoms with Gasteiger partial charge in [-0.1, -0.05) is 6.07 Å². The predicted octanol–water partition coefficient (Wildman–Crippen LogP) is 1.65. The number of carbonyl (C=O) groups is 1. The molecule has 0 heterocycles. The van der Waals surface area contributed by atoms with E-state index in [4.69, 9.17) is 10.5 Å². The van der Waals surface area contributed by atoms with Crippen molar-refractivity contribution in [3.8, 4) is 5.75 Å². The molecule has 0 fully saturated rings. The molecule has 0 atom stereocenters. The Morgan fingerprint density at radius 3 is 2.43 bits per heavy atom. The number of methoxy groups -OCH3 is 1. The lowest BCUT2D eigenvalue weighted by Gasteiger charge is -2.19. The van der Waals surface area contributed by atoms with E-state index in [1.807, 2.05) is 0 Å². The molecule has 0 saturated carbocycles. The van der Waals surface area contributed by atoms with E-state index >= 15 is 0 Å². The van der Waals surface area contributed by atoms with Gasteiger partial charge in [-0.05, 0) is 32.9 Å². The predicted molar refractivity (Wildman–Crippen MR) is 81.2 cm³/mol. The average molecular weight is 315 g/mol. The van der Waals surface area contributed by atoms with Gasteiger partial charge in [-0.3, -0.25) is 0 Å². The van der Waals surface area contributed by atoms with Crippen LogP contribution in [0.5, 0.6) is 5.75 Å². The molecule has 0 saturated heterocycles. The summed E-state index contributed by atoms with van der Waals surface area (Å²) in [6, 6.07) is 4.71. The largest absolute Gasteiger partial charge is 0.492 e. The SMILES string of the molecule is COC(=O)c1c(N)cccc1OCCS(=O)(=O)C(C)(C)C. The van der Waals surface area contributed by atoms with Crippen LogP contribution in [0.3, 0.4) is 0 Å². The van der Waals surface area contributed by atoms with Gasteiger partial charge in [0.2, 0.25) is 0 Å². The van der Waals surface area contributed by atoms with Crippen molar-refractivity contribution in [2.45, 2.75) is 25.5 Å². The third kappa shape index (κ3) is 4.10. The van der Waals surface area contributed by atoms with Crippen molar-refractivity contribution < 1.29 is 22.7 Å². The zero-order chi connectivity index (χ0) is 16.3. The molecule has 0 spiro atoms. The molecule has 7 heteroatoms. The second kappa shape index (κ2) is 6.34. The number of sulfone groups is 1. The number of anilines is 1. The van der Waals surface area contributed by atoms with Crippen LogP contribution in [0, 0.1) is 0 Å². The first kappa shape index (κ1) is 17.3. The van der Waals surface area contributed by atoms with Gasteiger partial charge in [0.1, 0.15) is 17.9 Å². The smallest absolute Gasteiger partial charge is 0.343 e. The minimum atomic E-state index is -3.29. The van der Waals surface area contributed by atoms with E-state index in [0.717, 1.165) is 0 Å². The Hall–Kier alpha value is -1.76. The molecule has 0 aliphatic heterocycles. The van der Waals surface area contributed by atoms with E-state index < -0.39 is 20.6 Å². The number of ether oxygens (including phenoxy) is 2. The van der Waals surface area contributed by atoms with Crippen LogP contribution < -0.4 is 10.5 Å². The lowest BCUT2D eigenvalue weighted by molar-refractivity contribution is 0.0597. The number of esters is 1. The fourth-order valence-electron chi connectivity index (χ4n) is 1.56. The van der Waals surface area contributed by atoms with Crippen molar-refractivity contribution in [3.63, 3.8) is 0 Å².